The minimum Gasteiger partial charge on any atom is -0.477 e. The summed E-state index contributed by atoms with van der Waals surface area (Å²) in [5, 5.41) is 10.1. The number of carbonyl (C=O) groups is 2. The van der Waals surface area contributed by atoms with E-state index in [1.54, 1.807) is 0 Å². The van der Waals surface area contributed by atoms with Gasteiger partial charge in [0.25, 0.3) is 0 Å². The van der Waals surface area contributed by atoms with Gasteiger partial charge in [0.15, 0.2) is 0 Å². The van der Waals surface area contributed by atoms with Gasteiger partial charge in [-0.25, -0.2) is 9.78 Å². The summed E-state index contributed by atoms with van der Waals surface area (Å²) >= 11 is 1.26. The molecule has 0 radical (unpaired) electrons. The standard InChI is InChI=1S/C31H36N4O3S/c36-29-21-33(19-22-13-14-28(32-18-22)34-15-7-8-16-34)20-26(23-9-3-1-4-10-23)35(29)25-17-27(39-30(25)31(37)38)24-11-5-2-6-12-24/h2,5-6,11-14,17-18,23,26H,1,3-4,7-10,15-16,19-21H2,(H,37,38). The Morgan fingerprint density at radius 2 is 1.77 bits per heavy atom. The van der Waals surface area contributed by atoms with Crippen LogP contribution in [0, 0.1) is 5.92 Å². The van der Waals surface area contributed by atoms with Crippen LogP contribution in [-0.4, -0.2) is 59.1 Å². The summed E-state index contributed by atoms with van der Waals surface area (Å²) < 4.78 is 0. The number of anilines is 2. The van der Waals surface area contributed by atoms with Crippen LogP contribution in [-0.2, 0) is 11.3 Å². The Labute approximate surface area is 234 Å². The number of benzene rings is 1. The number of carboxylic acids is 1. The maximum Gasteiger partial charge on any atom is 0.348 e. The summed E-state index contributed by atoms with van der Waals surface area (Å²) in [7, 11) is 0. The first-order valence-electron chi connectivity index (χ1n) is 14.2. The molecule has 8 heteroatoms. The number of amides is 1. The van der Waals surface area contributed by atoms with Crippen LogP contribution >= 0.6 is 11.3 Å². The molecule has 4 heterocycles. The van der Waals surface area contributed by atoms with E-state index < -0.39 is 5.97 Å². The number of carboxylic acid groups (broad SMARTS) is 1. The predicted octanol–water partition coefficient (Wildman–Crippen LogP) is 5.91. The molecule has 6 rings (SSSR count). The molecule has 1 aromatic carbocycles. The van der Waals surface area contributed by atoms with E-state index in [0.29, 0.717) is 18.2 Å². The lowest BCUT2D eigenvalue weighted by atomic mass is 9.82. The Morgan fingerprint density at radius 3 is 2.46 bits per heavy atom. The van der Waals surface area contributed by atoms with Crippen LogP contribution in [0.4, 0.5) is 11.5 Å². The van der Waals surface area contributed by atoms with E-state index in [9.17, 15) is 14.7 Å². The quantitative estimate of drug-likeness (QED) is 0.399. The molecule has 204 valence electrons. The lowest BCUT2D eigenvalue weighted by Gasteiger charge is -2.45. The van der Waals surface area contributed by atoms with E-state index in [2.05, 4.69) is 21.9 Å². The molecule has 3 fully saturated rings. The number of pyridine rings is 1. The van der Waals surface area contributed by atoms with E-state index in [1.165, 1.54) is 30.6 Å². The van der Waals surface area contributed by atoms with Crippen molar-refractivity contribution in [1.82, 2.24) is 9.88 Å². The van der Waals surface area contributed by atoms with E-state index in [0.717, 1.165) is 67.1 Å². The highest BCUT2D eigenvalue weighted by molar-refractivity contribution is 7.18. The minimum atomic E-state index is -0.973. The molecule has 1 N–H and O–H groups in total. The summed E-state index contributed by atoms with van der Waals surface area (Å²) in [6.45, 7) is 3.81. The topological polar surface area (TPSA) is 77.0 Å². The van der Waals surface area contributed by atoms with Crippen molar-refractivity contribution in [2.45, 2.75) is 57.5 Å². The predicted molar refractivity (Wildman–Crippen MR) is 156 cm³/mol. The number of nitrogens with zero attached hydrogens (tertiary/aromatic N) is 4. The zero-order valence-electron chi connectivity index (χ0n) is 22.3. The third-order valence-corrected chi connectivity index (χ3v) is 9.63. The van der Waals surface area contributed by atoms with Gasteiger partial charge in [-0.3, -0.25) is 9.69 Å². The van der Waals surface area contributed by atoms with Crippen LogP contribution in [0.3, 0.4) is 0 Å². The van der Waals surface area contributed by atoms with Gasteiger partial charge in [-0.2, -0.15) is 0 Å². The zero-order valence-corrected chi connectivity index (χ0v) is 23.1. The van der Waals surface area contributed by atoms with Crippen LogP contribution in [0.2, 0.25) is 0 Å². The van der Waals surface area contributed by atoms with Crippen molar-refractivity contribution in [1.29, 1.82) is 0 Å². The average Bonchev–Trinajstić information content (AvgIpc) is 3.65. The highest BCUT2D eigenvalue weighted by Gasteiger charge is 2.40. The lowest BCUT2D eigenvalue weighted by molar-refractivity contribution is -0.123. The molecule has 0 spiro atoms. The molecule has 1 saturated carbocycles. The van der Waals surface area contributed by atoms with Crippen LogP contribution in [0.15, 0.2) is 54.7 Å². The first-order chi connectivity index (χ1) is 19.1. The molecular formula is C31H36N4O3S. The van der Waals surface area contributed by atoms with Crippen molar-refractivity contribution in [3.63, 3.8) is 0 Å². The Kier molecular flexibility index (Phi) is 7.66. The molecule has 2 saturated heterocycles. The molecule has 39 heavy (non-hydrogen) atoms. The van der Waals surface area contributed by atoms with Crippen LogP contribution in [0.25, 0.3) is 10.4 Å². The van der Waals surface area contributed by atoms with Crippen LogP contribution in [0.5, 0.6) is 0 Å². The fraction of sp³-hybridized carbons (Fsp3) is 0.452. The molecule has 1 unspecified atom stereocenters. The Bertz CT molecular complexity index is 1300. The Balaban J connectivity index is 1.27. The molecule has 3 aromatic rings. The number of aromatic carboxylic acids is 1. The Morgan fingerprint density at radius 1 is 1.00 bits per heavy atom. The van der Waals surface area contributed by atoms with E-state index >= 15 is 0 Å². The molecule has 1 aliphatic carbocycles. The summed E-state index contributed by atoms with van der Waals surface area (Å²) in [4.78, 5) is 38.5. The van der Waals surface area contributed by atoms with Gasteiger partial charge < -0.3 is 14.9 Å². The number of carbonyl (C=O) groups excluding carboxylic acids is 1. The Hall–Kier alpha value is -3.23. The second-order valence-electron chi connectivity index (χ2n) is 11.1. The first-order valence-corrected chi connectivity index (χ1v) is 15.1. The summed E-state index contributed by atoms with van der Waals surface area (Å²) in [5.74, 6) is 0.408. The van der Waals surface area contributed by atoms with Gasteiger partial charge in [0.2, 0.25) is 5.91 Å². The van der Waals surface area contributed by atoms with Gasteiger partial charge >= 0.3 is 5.97 Å². The second kappa shape index (κ2) is 11.5. The van der Waals surface area contributed by atoms with E-state index in [4.69, 9.17) is 4.98 Å². The van der Waals surface area contributed by atoms with Crippen LogP contribution < -0.4 is 9.80 Å². The van der Waals surface area contributed by atoms with Crippen LogP contribution in [0.1, 0.15) is 60.2 Å². The molecule has 1 amide bonds. The van der Waals surface area contributed by atoms with Gasteiger partial charge in [-0.05, 0) is 54.9 Å². The molecular weight excluding hydrogens is 508 g/mol. The minimum absolute atomic E-state index is 0.0154. The van der Waals surface area contributed by atoms with Crippen molar-refractivity contribution in [3.05, 3.63) is 65.2 Å². The van der Waals surface area contributed by atoms with Gasteiger partial charge in [-0.1, -0.05) is 55.7 Å². The fourth-order valence-corrected chi connectivity index (χ4v) is 7.53. The molecule has 0 bridgehead atoms. The SMILES string of the molecule is O=C(O)c1sc(-c2ccccc2)cc1N1C(=O)CN(Cc2ccc(N3CCCC3)nc2)CC1C1CCCCC1. The largest absolute Gasteiger partial charge is 0.477 e. The smallest absolute Gasteiger partial charge is 0.348 e. The van der Waals surface area contributed by atoms with Crippen molar-refractivity contribution in [3.8, 4) is 10.4 Å². The van der Waals surface area contributed by atoms with Gasteiger partial charge in [0, 0.05) is 37.3 Å². The molecule has 2 aliphatic heterocycles. The number of rotatable bonds is 7. The van der Waals surface area contributed by atoms with Crippen molar-refractivity contribution in [2.75, 3.05) is 36.0 Å². The monoisotopic (exact) mass is 544 g/mol. The van der Waals surface area contributed by atoms with Gasteiger partial charge in [0.05, 0.1) is 18.3 Å². The number of thiophene rings is 1. The van der Waals surface area contributed by atoms with E-state index in [1.807, 2.05) is 47.5 Å². The maximum atomic E-state index is 13.9. The highest BCUT2D eigenvalue weighted by Crippen LogP contribution is 2.41. The maximum absolute atomic E-state index is 13.9. The molecule has 7 nitrogen and oxygen atoms in total. The van der Waals surface area contributed by atoms with Crippen molar-refractivity contribution in [2.24, 2.45) is 5.92 Å². The first kappa shape index (κ1) is 26.0. The molecule has 1 atom stereocenters. The van der Waals surface area contributed by atoms with Gasteiger partial charge in [-0.15, -0.1) is 11.3 Å². The number of hydrogen-bond donors (Lipinski definition) is 1. The summed E-state index contributed by atoms with van der Waals surface area (Å²) in [5.41, 5.74) is 2.64. The number of hydrogen-bond acceptors (Lipinski definition) is 6. The highest BCUT2D eigenvalue weighted by atomic mass is 32.1. The number of aromatic nitrogens is 1. The molecule has 3 aliphatic rings. The third kappa shape index (κ3) is 5.58. The summed E-state index contributed by atoms with van der Waals surface area (Å²) in [6, 6.07) is 16.0. The second-order valence-corrected chi connectivity index (χ2v) is 12.2. The molecule has 2 aromatic heterocycles. The normalized spacial score (nSPS) is 21.0. The number of piperazine rings is 1. The third-order valence-electron chi connectivity index (χ3n) is 8.47. The average molecular weight is 545 g/mol. The fourth-order valence-electron chi connectivity index (χ4n) is 6.54. The van der Waals surface area contributed by atoms with Crippen molar-refractivity contribution >= 4 is 34.7 Å². The summed E-state index contributed by atoms with van der Waals surface area (Å²) in [6.07, 6.45) is 10.1. The zero-order chi connectivity index (χ0) is 26.8. The van der Waals surface area contributed by atoms with Gasteiger partial charge in [0.1, 0.15) is 10.7 Å². The van der Waals surface area contributed by atoms with E-state index in [-0.39, 0.29) is 23.4 Å². The lowest BCUT2D eigenvalue weighted by Crippen LogP contribution is -2.59. The van der Waals surface area contributed by atoms with Crippen molar-refractivity contribution < 1.29 is 14.7 Å².